The van der Waals surface area contributed by atoms with Crippen molar-refractivity contribution in [3.05, 3.63) is 79.4 Å². The van der Waals surface area contributed by atoms with Crippen molar-refractivity contribution >= 4 is 17.3 Å². The molecule has 30 heavy (non-hydrogen) atoms. The summed E-state index contributed by atoms with van der Waals surface area (Å²) in [5.41, 5.74) is 5.53. The Morgan fingerprint density at radius 2 is 1.17 bits per heavy atom. The molecule has 6 heteroatoms. The Kier molecular flexibility index (Phi) is 8.52. The Bertz CT molecular complexity index is 986. The van der Waals surface area contributed by atoms with Crippen LogP contribution in [-0.2, 0) is 16.6 Å². The summed E-state index contributed by atoms with van der Waals surface area (Å²) in [5, 5.41) is 0. The first kappa shape index (κ1) is 25.3. The molecule has 2 aromatic rings. The quantitative estimate of drug-likeness (QED) is 0.594. The van der Waals surface area contributed by atoms with Crippen molar-refractivity contribution in [1.82, 2.24) is 0 Å². The van der Waals surface area contributed by atoms with E-state index in [1.165, 1.54) is 22.3 Å². The van der Waals surface area contributed by atoms with Gasteiger partial charge >= 0.3 is 175 Å². The monoisotopic (exact) mass is 494 g/mol. The molecule has 0 fully saturated rings. The van der Waals surface area contributed by atoms with Crippen molar-refractivity contribution in [3.63, 3.8) is 0 Å². The average Bonchev–Trinajstić information content (AvgIpc) is 3.38. The van der Waals surface area contributed by atoms with E-state index in [0.717, 1.165) is 11.5 Å². The van der Waals surface area contributed by atoms with Crippen LogP contribution >= 0.6 is 0 Å². The van der Waals surface area contributed by atoms with Gasteiger partial charge in [0, 0.05) is 0 Å². The number of hydrogen-bond donors (Lipinski definition) is 0. The van der Waals surface area contributed by atoms with Crippen molar-refractivity contribution < 1.29 is 50.3 Å². The Hall–Kier alpha value is -0.969. The minimum atomic E-state index is -1.74. The molecular weight excluding hydrogens is 467 g/mol. The minimum absolute atomic E-state index is 0. The van der Waals surface area contributed by atoms with E-state index in [4.69, 9.17) is 8.83 Å². The fourth-order valence-electron chi connectivity index (χ4n) is 4.85. The molecule has 0 saturated heterocycles. The summed E-state index contributed by atoms with van der Waals surface area (Å²) in [4.78, 5) is 0. The maximum atomic E-state index is 5.90. The van der Waals surface area contributed by atoms with Gasteiger partial charge in [-0.25, -0.2) is 0 Å². The molecule has 4 rings (SSSR count). The van der Waals surface area contributed by atoms with Gasteiger partial charge in [-0.1, -0.05) is 0 Å². The first-order valence-corrected chi connectivity index (χ1v) is 16.4. The second-order valence-electron chi connectivity index (χ2n) is 8.18. The van der Waals surface area contributed by atoms with Gasteiger partial charge in [-0.05, 0) is 0 Å². The van der Waals surface area contributed by atoms with Gasteiger partial charge in [-0.3, -0.25) is 0 Å². The smallest absolute Gasteiger partial charge is 1.00 e. The summed E-state index contributed by atoms with van der Waals surface area (Å²) in [6.45, 7) is 14.3. The molecule has 0 amide bonds. The van der Waals surface area contributed by atoms with E-state index in [-0.39, 0.29) is 24.8 Å². The van der Waals surface area contributed by atoms with E-state index in [1.807, 2.05) is 12.1 Å². The van der Waals surface area contributed by atoms with Crippen molar-refractivity contribution in [1.29, 1.82) is 0 Å². The molecule has 0 radical (unpaired) electrons. The molecule has 2 aliphatic carbocycles. The molecule has 158 valence electrons. The molecule has 2 atom stereocenters. The molecule has 0 N–H and O–H groups in total. The number of halogens is 2. The van der Waals surface area contributed by atoms with Crippen LogP contribution in [0, 0.1) is 11.8 Å². The third kappa shape index (κ3) is 4.33. The predicted octanol–water partition coefficient (Wildman–Crippen LogP) is 1.06. The van der Waals surface area contributed by atoms with E-state index >= 15 is 0 Å². The predicted molar refractivity (Wildman–Crippen MR) is 115 cm³/mol. The maximum Gasteiger partial charge on any atom is -1.00 e. The summed E-state index contributed by atoms with van der Waals surface area (Å²) in [6, 6.07) is 8.28. The van der Waals surface area contributed by atoms with Crippen LogP contribution in [0.2, 0.25) is 13.1 Å². The van der Waals surface area contributed by atoms with E-state index in [9.17, 15) is 0 Å². The summed E-state index contributed by atoms with van der Waals surface area (Å²) in [7, 11) is 0. The SMILES string of the molecule is CC1=CC(C)[C]([Ti+2]([C]2=C(c3ccco3)C(C)=CC2C)=[Si](C)C)=C1c1ccco1.[Cl-].[Cl-]. The van der Waals surface area contributed by atoms with Crippen LogP contribution < -0.4 is 24.8 Å². The van der Waals surface area contributed by atoms with Crippen molar-refractivity contribution in [3.8, 4) is 0 Å². The Labute approximate surface area is 198 Å². The Morgan fingerprint density at radius 3 is 1.47 bits per heavy atom. The molecule has 2 nitrogen and oxygen atoms in total. The largest absolute Gasteiger partial charge is 1.00 e. The molecule has 2 aromatic heterocycles. The fourth-order valence-corrected chi connectivity index (χ4v) is 17.8. The van der Waals surface area contributed by atoms with Gasteiger partial charge in [0.05, 0.1) is 0 Å². The fraction of sp³-hybridized carbons (Fsp3) is 0.333. The number of furan rings is 2. The van der Waals surface area contributed by atoms with Crippen LogP contribution in [-0.4, -0.2) is 6.19 Å². The van der Waals surface area contributed by atoms with Crippen molar-refractivity contribution in [2.75, 3.05) is 0 Å². The zero-order chi connectivity index (χ0) is 20.0. The van der Waals surface area contributed by atoms with Crippen LogP contribution in [0.1, 0.15) is 39.2 Å². The third-order valence-electron chi connectivity index (χ3n) is 5.81. The van der Waals surface area contributed by atoms with Crippen LogP contribution in [0.25, 0.3) is 11.1 Å². The topological polar surface area (TPSA) is 26.3 Å². The average molecular weight is 495 g/mol. The van der Waals surface area contributed by atoms with Crippen LogP contribution in [0.15, 0.2) is 76.7 Å². The Balaban J connectivity index is 0.00000160. The molecular formula is C24H28Cl2O2SiTi. The second-order valence-corrected chi connectivity index (χ2v) is 19.8. The number of rotatable bonds is 4. The molecule has 2 unspecified atom stereocenters. The van der Waals surface area contributed by atoms with Gasteiger partial charge in [0.1, 0.15) is 0 Å². The van der Waals surface area contributed by atoms with Gasteiger partial charge in [0.2, 0.25) is 0 Å². The molecule has 0 bridgehead atoms. The number of allylic oxidation sites excluding steroid dienone is 8. The van der Waals surface area contributed by atoms with E-state index in [0.29, 0.717) is 11.8 Å². The van der Waals surface area contributed by atoms with Crippen LogP contribution in [0.4, 0.5) is 0 Å². The van der Waals surface area contributed by atoms with E-state index in [2.05, 4.69) is 65.1 Å². The van der Waals surface area contributed by atoms with Gasteiger partial charge in [-0.15, -0.1) is 0 Å². The van der Waals surface area contributed by atoms with Crippen molar-refractivity contribution in [2.24, 2.45) is 11.8 Å². The molecule has 0 spiro atoms. The first-order chi connectivity index (χ1) is 13.4. The maximum absolute atomic E-state index is 5.90. The summed E-state index contributed by atoms with van der Waals surface area (Å²) >= 11 is -1.74. The minimum Gasteiger partial charge on any atom is -1.00 e. The molecule has 2 aliphatic rings. The zero-order valence-electron chi connectivity index (χ0n) is 18.3. The zero-order valence-corrected chi connectivity index (χ0v) is 22.4. The van der Waals surface area contributed by atoms with Gasteiger partial charge in [0.25, 0.3) is 0 Å². The third-order valence-corrected chi connectivity index (χ3v) is 17.6. The number of hydrogen-bond acceptors (Lipinski definition) is 2. The van der Waals surface area contributed by atoms with Gasteiger partial charge in [-0.2, -0.15) is 0 Å². The molecule has 0 aliphatic heterocycles. The van der Waals surface area contributed by atoms with Crippen LogP contribution in [0.5, 0.6) is 0 Å². The molecule has 2 heterocycles. The second kappa shape index (κ2) is 10.1. The molecule has 0 aromatic carbocycles. The normalized spacial score (nSPS) is 20.3. The van der Waals surface area contributed by atoms with Crippen LogP contribution in [0.3, 0.4) is 0 Å². The molecule has 0 saturated carbocycles. The van der Waals surface area contributed by atoms with Crippen molar-refractivity contribution in [2.45, 2.75) is 40.8 Å². The summed E-state index contributed by atoms with van der Waals surface area (Å²) in [5.74, 6) is 3.07. The Morgan fingerprint density at radius 1 is 0.767 bits per heavy atom. The summed E-state index contributed by atoms with van der Waals surface area (Å²) < 4.78 is 15.2. The van der Waals surface area contributed by atoms with E-state index in [1.54, 1.807) is 20.3 Å². The first-order valence-electron chi connectivity index (χ1n) is 10.0. The summed E-state index contributed by atoms with van der Waals surface area (Å²) in [6.07, 6.45) is 8.00. The van der Waals surface area contributed by atoms with Gasteiger partial charge in [0.15, 0.2) is 0 Å². The van der Waals surface area contributed by atoms with E-state index < -0.39 is 22.8 Å². The van der Waals surface area contributed by atoms with Gasteiger partial charge < -0.3 is 24.8 Å². The standard InChI is InChI=1S/2C11H11O.C2H6Si.2ClH.Ti/c2*1-8-6-9(2)10(7-8)11-4-3-5-12-11;1-3-2;;;/h2*3-6,8H,1-2H3;1-2H3;2*1H;/q;;;;;+2/p-2.